The van der Waals surface area contributed by atoms with Gasteiger partial charge in [0.25, 0.3) is 0 Å². The third-order valence-corrected chi connectivity index (χ3v) is 18.1. The molecule has 17 heteroatoms. The second-order valence-corrected chi connectivity index (χ2v) is 21.6. The van der Waals surface area contributed by atoms with Gasteiger partial charge in [0.05, 0.1) is 79.4 Å². The zero-order chi connectivity index (χ0) is 49.2. The number of hydrogen-bond donors (Lipinski definition) is 2. The van der Waals surface area contributed by atoms with Gasteiger partial charge in [-0.2, -0.15) is 0 Å². The lowest BCUT2D eigenvalue weighted by Crippen LogP contribution is -2.71. The summed E-state index contributed by atoms with van der Waals surface area (Å²) in [7, 11) is 9.89. The fourth-order valence-electron chi connectivity index (χ4n) is 13.7. The molecule has 17 nitrogen and oxygen atoms in total. The molecular weight excluding hydrogens is 873 g/mol. The number of Topliss-reactive ketones (excluding diaryl/α,β-unsaturated/α-hetero) is 1. The van der Waals surface area contributed by atoms with Crippen molar-refractivity contribution in [2.75, 3.05) is 42.7 Å². The van der Waals surface area contributed by atoms with E-state index in [2.05, 4.69) is 34.6 Å². The van der Waals surface area contributed by atoms with E-state index in [1.54, 1.807) is 42.5 Å². The summed E-state index contributed by atoms with van der Waals surface area (Å²) in [5.41, 5.74) is -2.03. The Balaban J connectivity index is 1.06. The topological polar surface area (TPSA) is 187 Å². The largest absolute Gasteiger partial charge is 0.381 e. The maximum Gasteiger partial charge on any atom is 0.204 e. The molecule has 0 amide bonds. The first-order chi connectivity index (χ1) is 31.6. The van der Waals surface area contributed by atoms with Crippen LogP contribution in [-0.2, 0) is 71.1 Å². The van der Waals surface area contributed by atoms with Crippen LogP contribution in [0.1, 0.15) is 121 Å². The summed E-state index contributed by atoms with van der Waals surface area (Å²) < 4.78 is 91.3. The van der Waals surface area contributed by atoms with E-state index in [1.807, 2.05) is 20.8 Å². The molecule has 0 aromatic heterocycles. The Morgan fingerprint density at radius 1 is 0.687 bits per heavy atom. The molecule has 0 aliphatic carbocycles. The van der Waals surface area contributed by atoms with Crippen molar-refractivity contribution in [3.8, 4) is 0 Å². The highest BCUT2D eigenvalue weighted by molar-refractivity contribution is 5.81. The van der Waals surface area contributed by atoms with Crippen molar-refractivity contribution in [2.45, 2.75) is 241 Å². The summed E-state index contributed by atoms with van der Waals surface area (Å²) in [6.07, 6.45) is -0.974. The zero-order valence-electron chi connectivity index (χ0n) is 43.2. The highest BCUT2D eigenvalue weighted by atomic mass is 16.8. The number of aliphatic hydroxyl groups excluding tert-OH is 1. The first kappa shape index (κ1) is 53.8. The summed E-state index contributed by atoms with van der Waals surface area (Å²) in [5, 5.41) is 22.9. The Bertz CT molecular complexity index is 1680. The Labute approximate surface area is 399 Å². The fourth-order valence-corrected chi connectivity index (χ4v) is 13.7. The number of carbonyl (C=O) groups excluding carboxylic acids is 1. The third kappa shape index (κ3) is 9.26. The van der Waals surface area contributed by atoms with Gasteiger partial charge in [-0.3, -0.25) is 4.79 Å². The smallest absolute Gasteiger partial charge is 0.204 e. The van der Waals surface area contributed by atoms with E-state index in [9.17, 15) is 15.0 Å². The summed E-state index contributed by atoms with van der Waals surface area (Å²) in [6.45, 7) is 19.3. The quantitative estimate of drug-likeness (QED) is 0.221. The number of ether oxygens (including phenoxy) is 14. The van der Waals surface area contributed by atoms with Gasteiger partial charge in [0.15, 0.2) is 29.8 Å². The number of carbonyl (C=O) groups is 1. The monoisotopic (exact) mass is 959 g/mol. The van der Waals surface area contributed by atoms with E-state index in [4.69, 9.17) is 66.3 Å². The number of rotatable bonds is 15. The van der Waals surface area contributed by atoms with Gasteiger partial charge in [0.2, 0.25) is 5.79 Å². The van der Waals surface area contributed by atoms with Gasteiger partial charge in [0, 0.05) is 91.5 Å². The normalized spacial score (nSPS) is 53.3. The predicted molar refractivity (Wildman–Crippen MR) is 242 cm³/mol. The van der Waals surface area contributed by atoms with Crippen LogP contribution >= 0.6 is 0 Å². The second kappa shape index (κ2) is 20.5. The van der Waals surface area contributed by atoms with Gasteiger partial charge in [-0.1, -0.05) is 34.6 Å². The van der Waals surface area contributed by atoms with Crippen molar-refractivity contribution in [2.24, 2.45) is 29.6 Å². The molecule has 25 atom stereocenters. The van der Waals surface area contributed by atoms with Gasteiger partial charge in [-0.25, -0.2) is 0 Å². The molecule has 388 valence electrons. The molecule has 0 unspecified atom stereocenters. The van der Waals surface area contributed by atoms with Crippen molar-refractivity contribution in [1.82, 2.24) is 0 Å². The predicted octanol–water partition coefficient (Wildman–Crippen LogP) is 5.10. The molecule has 7 fully saturated rings. The average molecular weight is 959 g/mol. The van der Waals surface area contributed by atoms with Crippen molar-refractivity contribution < 1.29 is 81.3 Å². The summed E-state index contributed by atoms with van der Waals surface area (Å²) in [4.78, 5) is 12.5. The molecule has 0 saturated carbocycles. The molecular formula is C50H86O17. The number of hydrogen-bond acceptors (Lipinski definition) is 17. The zero-order valence-corrected chi connectivity index (χ0v) is 43.2. The van der Waals surface area contributed by atoms with Crippen LogP contribution in [0.15, 0.2) is 0 Å². The molecule has 0 bridgehead atoms. The molecule has 7 heterocycles. The van der Waals surface area contributed by atoms with E-state index in [1.165, 1.54) is 14.0 Å². The van der Waals surface area contributed by atoms with Crippen LogP contribution in [-0.4, -0.2) is 179 Å². The van der Waals surface area contributed by atoms with Crippen molar-refractivity contribution >= 4 is 5.78 Å². The molecule has 7 aliphatic rings. The lowest BCUT2D eigenvalue weighted by molar-refractivity contribution is -0.388. The summed E-state index contributed by atoms with van der Waals surface area (Å²) >= 11 is 0. The van der Waals surface area contributed by atoms with Crippen molar-refractivity contribution in [3.05, 3.63) is 0 Å². The lowest BCUT2D eigenvalue weighted by atomic mass is 9.72. The molecule has 7 rings (SSSR count). The van der Waals surface area contributed by atoms with Gasteiger partial charge < -0.3 is 76.5 Å². The van der Waals surface area contributed by atoms with E-state index in [0.29, 0.717) is 6.42 Å². The van der Waals surface area contributed by atoms with E-state index in [-0.39, 0.29) is 91.3 Å². The highest BCUT2D eigenvalue weighted by Crippen LogP contribution is 2.57. The first-order valence-corrected chi connectivity index (χ1v) is 25.0. The minimum atomic E-state index is -2.24. The summed E-state index contributed by atoms with van der Waals surface area (Å²) in [6, 6.07) is 0. The van der Waals surface area contributed by atoms with Crippen molar-refractivity contribution in [1.29, 1.82) is 0 Å². The summed E-state index contributed by atoms with van der Waals surface area (Å²) in [5.74, 6) is -6.35. The van der Waals surface area contributed by atoms with E-state index in [0.717, 1.165) is 38.5 Å². The SMILES string of the molecule is CO[C@H]1CC[C@H](O[C@H]2[C@H](C)[C@@H]([C@H]3CC[C@H]([C@@H]4CC[C@H]([C@@]5(C)O[C@]6(O[C@H](C[C@@H]7O[C@](O)([C@@H](O)C(C)=O)[C@@H](C)[C@H](OC)[C@@]7(C)OC)C[C@@H](OC)[C@H]6C)[C@H](C)[C@H]5OC)O4)O3)O[C@](C)(OC)[C@@H]2C)O[C@@H]1C. The van der Waals surface area contributed by atoms with Crippen LogP contribution in [0, 0.1) is 29.6 Å². The number of ketones is 1. The molecule has 0 aromatic rings. The minimum absolute atomic E-state index is 0.00217. The fraction of sp³-hybridized carbons (Fsp3) is 0.980. The maximum atomic E-state index is 12.5. The molecule has 2 N–H and O–H groups in total. The molecule has 0 radical (unpaired) electrons. The Kier molecular flexibility index (Phi) is 16.5. The van der Waals surface area contributed by atoms with Gasteiger partial charge in [0.1, 0.15) is 11.2 Å². The van der Waals surface area contributed by atoms with Crippen LogP contribution in [0.4, 0.5) is 0 Å². The minimum Gasteiger partial charge on any atom is -0.381 e. The Morgan fingerprint density at radius 3 is 1.93 bits per heavy atom. The third-order valence-electron chi connectivity index (χ3n) is 18.1. The molecule has 67 heavy (non-hydrogen) atoms. The van der Waals surface area contributed by atoms with Gasteiger partial charge >= 0.3 is 0 Å². The maximum absolute atomic E-state index is 12.5. The molecule has 7 saturated heterocycles. The van der Waals surface area contributed by atoms with E-state index >= 15 is 0 Å². The van der Waals surface area contributed by atoms with E-state index < -0.39 is 70.8 Å². The highest BCUT2D eigenvalue weighted by Gasteiger charge is 2.70. The van der Waals surface area contributed by atoms with Crippen LogP contribution < -0.4 is 0 Å². The molecule has 1 spiro atoms. The number of aliphatic hydroxyl groups is 2. The average Bonchev–Trinajstić information content (AvgIpc) is 4.05. The Morgan fingerprint density at radius 2 is 1.33 bits per heavy atom. The molecule has 7 aliphatic heterocycles. The standard InChI is InChI=1S/C50H86O17/c1-25-41(63-40-22-20-33(54-11)31(7)60-40)27(3)48(10,59-16)66-42(25)36-18-17-34(61-36)35-19-21-38(62-35)47(9)45(57-14)29(5)50(67-47)26(2)37(55-12)23-32(64-50)24-39-46(8,58-15)44(56-13)28(4)49(53,65-39)43(52)30(6)51/h25-29,31-45,52-53H,17-24H2,1-16H3/t25-,26+,27+,28-,29+,31+,32-,33-,34+,35-,36+,37+,38+,39-,40-,41-,42-,43-,44-,45+,46-,47+,48-,49-,50-/m0/s1. The van der Waals surface area contributed by atoms with Crippen LogP contribution in [0.2, 0.25) is 0 Å². The second-order valence-electron chi connectivity index (χ2n) is 21.6. The van der Waals surface area contributed by atoms with Crippen LogP contribution in [0.5, 0.6) is 0 Å². The van der Waals surface area contributed by atoms with Crippen LogP contribution in [0.3, 0.4) is 0 Å². The van der Waals surface area contributed by atoms with Crippen molar-refractivity contribution in [3.63, 3.8) is 0 Å². The number of methoxy groups -OCH3 is 6. The lowest BCUT2D eigenvalue weighted by Gasteiger charge is -2.56. The van der Waals surface area contributed by atoms with Crippen LogP contribution in [0.25, 0.3) is 0 Å². The Hall–Kier alpha value is -0.970. The first-order valence-electron chi connectivity index (χ1n) is 25.0. The van der Waals surface area contributed by atoms with Gasteiger partial charge in [-0.15, -0.1) is 0 Å². The molecule has 0 aromatic carbocycles. The van der Waals surface area contributed by atoms with Gasteiger partial charge in [-0.05, 0) is 66.7 Å².